The molecule has 0 radical (unpaired) electrons. The van der Waals surface area contributed by atoms with Crippen LogP contribution in [0.2, 0.25) is 0 Å². The van der Waals surface area contributed by atoms with E-state index in [9.17, 15) is 8.42 Å². The zero-order valence-electron chi connectivity index (χ0n) is 9.23. The summed E-state index contributed by atoms with van der Waals surface area (Å²) in [5.41, 5.74) is 6.74. The lowest BCUT2D eigenvalue weighted by Crippen LogP contribution is -2.14. The minimum Gasteiger partial charge on any atom is -0.385 e. The molecule has 0 heterocycles. The van der Waals surface area contributed by atoms with Crippen molar-refractivity contribution in [3.05, 3.63) is 23.8 Å². The molecule has 16 heavy (non-hydrogen) atoms. The molecule has 0 fully saturated rings. The van der Waals surface area contributed by atoms with E-state index >= 15 is 0 Å². The highest BCUT2D eigenvalue weighted by Crippen LogP contribution is 2.18. The summed E-state index contributed by atoms with van der Waals surface area (Å²) in [5, 5.41) is 8.19. The molecule has 0 saturated heterocycles. The highest BCUT2D eigenvalue weighted by molar-refractivity contribution is 7.89. The van der Waals surface area contributed by atoms with Crippen LogP contribution in [-0.4, -0.2) is 21.5 Å². The molecule has 1 rings (SSSR count). The molecule has 5 N–H and O–H groups in total. The van der Waals surface area contributed by atoms with Crippen molar-refractivity contribution in [3.8, 4) is 0 Å². The predicted molar refractivity (Wildman–Crippen MR) is 64.7 cm³/mol. The molecule has 0 spiro atoms. The normalized spacial score (nSPS) is 11.4. The number of nitrogens with two attached hydrogens (primary N) is 2. The number of nitrogens with one attached hydrogen (secondary N) is 1. The number of rotatable bonds is 5. The molecule has 0 amide bonds. The third-order valence-electron chi connectivity index (χ3n) is 2.20. The first-order valence-corrected chi connectivity index (χ1v) is 6.57. The zero-order chi connectivity index (χ0) is 12.2. The molecule has 0 aliphatic rings. The smallest absolute Gasteiger partial charge is 0.238 e. The molecule has 0 bridgehead atoms. The van der Waals surface area contributed by atoms with Crippen molar-refractivity contribution >= 4 is 15.7 Å². The first kappa shape index (κ1) is 13.0. The summed E-state index contributed by atoms with van der Waals surface area (Å²) in [7, 11) is -3.65. The number of benzene rings is 1. The Labute approximate surface area is 95.9 Å². The first-order chi connectivity index (χ1) is 7.45. The van der Waals surface area contributed by atoms with Gasteiger partial charge in [-0.1, -0.05) is 6.07 Å². The number of hydrogen-bond donors (Lipinski definition) is 3. The summed E-state index contributed by atoms with van der Waals surface area (Å²) in [6, 6.07) is 5.09. The van der Waals surface area contributed by atoms with Crippen molar-refractivity contribution in [2.45, 2.75) is 18.2 Å². The van der Waals surface area contributed by atoms with Gasteiger partial charge in [-0.15, -0.1) is 0 Å². The van der Waals surface area contributed by atoms with Gasteiger partial charge in [0.25, 0.3) is 0 Å². The van der Waals surface area contributed by atoms with Crippen LogP contribution in [-0.2, 0) is 10.0 Å². The Morgan fingerprint density at radius 3 is 2.62 bits per heavy atom. The second kappa shape index (κ2) is 5.29. The predicted octanol–water partition coefficient (Wildman–Crippen LogP) is 0.403. The molecule has 0 saturated carbocycles. The highest BCUT2D eigenvalue weighted by Gasteiger charge is 2.11. The Morgan fingerprint density at radius 2 is 2.06 bits per heavy atom. The summed E-state index contributed by atoms with van der Waals surface area (Å²) in [4.78, 5) is 0.158. The van der Waals surface area contributed by atoms with Crippen LogP contribution in [0.1, 0.15) is 12.0 Å². The fourth-order valence-electron chi connectivity index (χ4n) is 1.35. The molecule has 5 nitrogen and oxygen atoms in total. The molecule has 6 heteroatoms. The Balaban J connectivity index is 2.91. The molecule has 0 unspecified atom stereocenters. The summed E-state index contributed by atoms with van der Waals surface area (Å²) < 4.78 is 22.5. The number of hydrogen-bond acceptors (Lipinski definition) is 4. The topological polar surface area (TPSA) is 98.2 Å². The van der Waals surface area contributed by atoms with Crippen LogP contribution >= 0.6 is 0 Å². The molecular weight excluding hydrogens is 226 g/mol. The Morgan fingerprint density at radius 1 is 1.38 bits per heavy atom. The Kier molecular flexibility index (Phi) is 4.28. The van der Waals surface area contributed by atoms with Gasteiger partial charge in [0.2, 0.25) is 10.0 Å². The van der Waals surface area contributed by atoms with Gasteiger partial charge in [-0.2, -0.15) is 0 Å². The van der Waals surface area contributed by atoms with Crippen LogP contribution in [0.3, 0.4) is 0 Å². The third kappa shape index (κ3) is 3.48. The van der Waals surface area contributed by atoms with Crippen molar-refractivity contribution < 1.29 is 8.42 Å². The molecular formula is C10H17N3O2S. The Hall–Kier alpha value is -1.11. The number of sulfonamides is 1. The van der Waals surface area contributed by atoms with E-state index in [1.165, 1.54) is 0 Å². The lowest BCUT2D eigenvalue weighted by atomic mass is 10.2. The fourth-order valence-corrected chi connectivity index (χ4v) is 2.16. The van der Waals surface area contributed by atoms with Gasteiger partial charge in [-0.25, -0.2) is 13.6 Å². The molecule has 1 aromatic rings. The van der Waals surface area contributed by atoms with E-state index in [2.05, 4.69) is 5.32 Å². The van der Waals surface area contributed by atoms with E-state index in [4.69, 9.17) is 10.9 Å². The van der Waals surface area contributed by atoms with Gasteiger partial charge in [-0.05, 0) is 37.6 Å². The second-order valence-electron chi connectivity index (χ2n) is 3.59. The average molecular weight is 243 g/mol. The number of aryl methyl sites for hydroxylation is 1. The molecule has 0 aliphatic carbocycles. The van der Waals surface area contributed by atoms with Crippen molar-refractivity contribution in [2.75, 3.05) is 18.4 Å². The van der Waals surface area contributed by atoms with Crippen molar-refractivity contribution in [1.82, 2.24) is 0 Å². The van der Waals surface area contributed by atoms with E-state index in [0.717, 1.165) is 12.1 Å². The van der Waals surface area contributed by atoms with Crippen LogP contribution in [0.5, 0.6) is 0 Å². The lowest BCUT2D eigenvalue weighted by molar-refractivity contribution is 0.597. The molecule has 90 valence electrons. The van der Waals surface area contributed by atoms with Gasteiger partial charge in [0.1, 0.15) is 0 Å². The summed E-state index contributed by atoms with van der Waals surface area (Å²) in [6.07, 6.45) is 0.832. The number of primary sulfonamides is 1. The largest absolute Gasteiger partial charge is 0.385 e. The maximum atomic E-state index is 11.3. The van der Waals surface area contributed by atoms with Crippen LogP contribution in [0.4, 0.5) is 5.69 Å². The maximum Gasteiger partial charge on any atom is 0.238 e. The molecule has 0 aromatic heterocycles. The minimum atomic E-state index is -3.65. The van der Waals surface area contributed by atoms with E-state index in [-0.39, 0.29) is 4.90 Å². The van der Waals surface area contributed by atoms with Gasteiger partial charge in [-0.3, -0.25) is 0 Å². The summed E-state index contributed by atoms with van der Waals surface area (Å²) in [5.74, 6) is 0. The standard InChI is InChI=1S/C10H17N3O2S/c1-8-3-4-9(13-6-2-5-11)7-10(8)16(12,14)15/h3-4,7,13H,2,5-6,11H2,1H3,(H2,12,14,15). The van der Waals surface area contributed by atoms with E-state index in [0.29, 0.717) is 18.7 Å². The fraction of sp³-hybridized carbons (Fsp3) is 0.400. The summed E-state index contributed by atoms with van der Waals surface area (Å²) in [6.45, 7) is 3.02. The maximum absolute atomic E-state index is 11.3. The second-order valence-corrected chi connectivity index (χ2v) is 5.12. The molecule has 1 aromatic carbocycles. The minimum absolute atomic E-state index is 0.158. The quantitative estimate of drug-likeness (QED) is 0.652. The summed E-state index contributed by atoms with van der Waals surface area (Å²) >= 11 is 0. The van der Waals surface area contributed by atoms with Gasteiger partial charge >= 0.3 is 0 Å². The van der Waals surface area contributed by atoms with Crippen molar-refractivity contribution in [3.63, 3.8) is 0 Å². The zero-order valence-corrected chi connectivity index (χ0v) is 10.0. The van der Waals surface area contributed by atoms with Crippen LogP contribution in [0.25, 0.3) is 0 Å². The third-order valence-corrected chi connectivity index (χ3v) is 3.26. The first-order valence-electron chi connectivity index (χ1n) is 5.02. The SMILES string of the molecule is Cc1ccc(NCCCN)cc1S(N)(=O)=O. The van der Waals surface area contributed by atoms with Crippen molar-refractivity contribution in [1.29, 1.82) is 0 Å². The van der Waals surface area contributed by atoms with E-state index in [1.807, 2.05) is 6.07 Å². The van der Waals surface area contributed by atoms with E-state index in [1.54, 1.807) is 19.1 Å². The van der Waals surface area contributed by atoms with Gasteiger partial charge in [0, 0.05) is 12.2 Å². The molecule has 0 aliphatic heterocycles. The van der Waals surface area contributed by atoms with Gasteiger partial charge < -0.3 is 11.1 Å². The van der Waals surface area contributed by atoms with Gasteiger partial charge in [0.15, 0.2) is 0 Å². The van der Waals surface area contributed by atoms with Crippen molar-refractivity contribution in [2.24, 2.45) is 10.9 Å². The van der Waals surface area contributed by atoms with Gasteiger partial charge in [0.05, 0.1) is 4.90 Å². The lowest BCUT2D eigenvalue weighted by Gasteiger charge is -2.09. The van der Waals surface area contributed by atoms with Crippen LogP contribution in [0, 0.1) is 6.92 Å². The average Bonchev–Trinajstić information content (AvgIpc) is 2.19. The van der Waals surface area contributed by atoms with Crippen LogP contribution in [0.15, 0.2) is 23.1 Å². The Bertz CT molecular complexity index is 457. The highest BCUT2D eigenvalue weighted by atomic mass is 32.2. The molecule has 0 atom stereocenters. The number of anilines is 1. The van der Waals surface area contributed by atoms with E-state index < -0.39 is 10.0 Å². The monoisotopic (exact) mass is 243 g/mol. The van der Waals surface area contributed by atoms with Crippen LogP contribution < -0.4 is 16.2 Å².